The molecule has 2 unspecified atom stereocenters. The van der Waals surface area contributed by atoms with Gasteiger partial charge < -0.3 is 20.5 Å². The zero-order valence-electron chi connectivity index (χ0n) is 19.2. The molecule has 32 heavy (non-hydrogen) atoms. The van der Waals surface area contributed by atoms with E-state index < -0.39 is 0 Å². The predicted molar refractivity (Wildman–Crippen MR) is 142 cm³/mol. The minimum absolute atomic E-state index is 0. The van der Waals surface area contributed by atoms with Gasteiger partial charge in [-0.25, -0.2) is 0 Å². The lowest BCUT2D eigenvalue weighted by Gasteiger charge is -2.36. The molecule has 0 aromatic heterocycles. The Balaban J connectivity index is 0.00000363. The first-order chi connectivity index (χ1) is 15.3. The van der Waals surface area contributed by atoms with Gasteiger partial charge in [0.1, 0.15) is 5.75 Å². The molecule has 6 nitrogen and oxygen atoms in total. The van der Waals surface area contributed by atoms with Crippen LogP contribution in [0.5, 0.6) is 5.75 Å². The Kier molecular flexibility index (Phi) is 11.8. The molecule has 2 atom stereocenters. The van der Waals surface area contributed by atoms with Gasteiger partial charge in [-0.2, -0.15) is 0 Å². The second-order valence-electron chi connectivity index (χ2n) is 7.98. The number of methoxy groups -OCH3 is 1. The van der Waals surface area contributed by atoms with E-state index in [4.69, 9.17) is 4.74 Å². The van der Waals surface area contributed by atoms with Gasteiger partial charge in [0.05, 0.1) is 19.8 Å². The van der Waals surface area contributed by atoms with Crippen LogP contribution in [0.15, 0.2) is 59.6 Å². The third-order valence-electron chi connectivity index (χ3n) is 6.02. The molecule has 0 saturated carbocycles. The Morgan fingerprint density at radius 2 is 1.66 bits per heavy atom. The third kappa shape index (κ3) is 7.35. The number of benzene rings is 2. The van der Waals surface area contributed by atoms with Crippen molar-refractivity contribution in [2.75, 3.05) is 46.9 Å². The van der Waals surface area contributed by atoms with E-state index in [-0.39, 0.29) is 42.5 Å². The summed E-state index contributed by atoms with van der Waals surface area (Å²) in [6.45, 7) is 3.62. The molecule has 0 spiro atoms. The summed E-state index contributed by atoms with van der Waals surface area (Å²) in [6.07, 6.45) is 3.76. The molecule has 1 heterocycles. The molecule has 1 fully saturated rings. The largest absolute Gasteiger partial charge is 0.496 e. The van der Waals surface area contributed by atoms with Crippen LogP contribution in [0, 0.1) is 0 Å². The number of aliphatic imine (C=N–C) groups is 1. The standard InChI is InChI=1S/C25H36N4O2.HI/c1-26-25(27-17-21(19-30)20-11-5-3-6-12-20)28-18-23(29-15-9-4-10-16-29)22-13-7-8-14-24(22)31-2;/h3,5-8,11-14,21,23,30H,4,9-10,15-19H2,1-2H3,(H2,26,27,28);1H. The summed E-state index contributed by atoms with van der Waals surface area (Å²) < 4.78 is 5.66. The average molecular weight is 553 g/mol. The van der Waals surface area contributed by atoms with Crippen LogP contribution in [-0.2, 0) is 0 Å². The molecule has 0 aliphatic carbocycles. The fourth-order valence-corrected chi connectivity index (χ4v) is 4.25. The molecule has 7 heteroatoms. The van der Waals surface area contributed by atoms with E-state index in [1.807, 2.05) is 42.5 Å². The van der Waals surface area contributed by atoms with Crippen LogP contribution in [0.1, 0.15) is 42.3 Å². The number of halogens is 1. The first-order valence-electron chi connectivity index (χ1n) is 11.2. The van der Waals surface area contributed by atoms with Gasteiger partial charge in [0.2, 0.25) is 0 Å². The fourth-order valence-electron chi connectivity index (χ4n) is 4.25. The highest BCUT2D eigenvalue weighted by Crippen LogP contribution is 2.30. The monoisotopic (exact) mass is 552 g/mol. The van der Waals surface area contributed by atoms with Crippen molar-refractivity contribution in [3.63, 3.8) is 0 Å². The Morgan fingerprint density at radius 1 is 1.00 bits per heavy atom. The summed E-state index contributed by atoms with van der Waals surface area (Å²) in [5.41, 5.74) is 2.32. The number of para-hydroxylation sites is 1. The summed E-state index contributed by atoms with van der Waals surface area (Å²) in [6, 6.07) is 18.6. The molecule has 1 aliphatic heterocycles. The summed E-state index contributed by atoms with van der Waals surface area (Å²) in [4.78, 5) is 6.95. The molecule has 1 saturated heterocycles. The highest BCUT2D eigenvalue weighted by atomic mass is 127. The van der Waals surface area contributed by atoms with E-state index in [1.54, 1.807) is 14.2 Å². The topological polar surface area (TPSA) is 69.1 Å². The number of aliphatic hydroxyl groups is 1. The zero-order chi connectivity index (χ0) is 21.9. The Morgan fingerprint density at radius 3 is 2.31 bits per heavy atom. The van der Waals surface area contributed by atoms with Crippen LogP contribution in [0.2, 0.25) is 0 Å². The summed E-state index contributed by atoms with van der Waals surface area (Å²) in [5.74, 6) is 1.69. The second-order valence-corrected chi connectivity index (χ2v) is 7.98. The van der Waals surface area contributed by atoms with E-state index in [2.05, 4.69) is 32.7 Å². The summed E-state index contributed by atoms with van der Waals surface area (Å²) in [7, 11) is 3.52. The lowest BCUT2D eigenvalue weighted by atomic mass is 10.00. The van der Waals surface area contributed by atoms with Gasteiger partial charge in [0.15, 0.2) is 5.96 Å². The predicted octanol–water partition coefficient (Wildman–Crippen LogP) is 3.78. The number of nitrogens with zero attached hydrogens (tertiary/aromatic N) is 2. The van der Waals surface area contributed by atoms with Crippen molar-refractivity contribution in [3.8, 4) is 5.75 Å². The quantitative estimate of drug-likeness (QED) is 0.251. The number of hydrogen-bond acceptors (Lipinski definition) is 4. The van der Waals surface area contributed by atoms with Crippen LogP contribution >= 0.6 is 24.0 Å². The number of hydrogen-bond donors (Lipinski definition) is 3. The fraction of sp³-hybridized carbons (Fsp3) is 0.480. The van der Waals surface area contributed by atoms with Crippen molar-refractivity contribution in [3.05, 3.63) is 65.7 Å². The van der Waals surface area contributed by atoms with Gasteiger partial charge >= 0.3 is 0 Å². The Labute approximate surface area is 209 Å². The number of guanidine groups is 1. The number of rotatable bonds is 9. The highest BCUT2D eigenvalue weighted by molar-refractivity contribution is 14.0. The van der Waals surface area contributed by atoms with Crippen molar-refractivity contribution >= 4 is 29.9 Å². The van der Waals surface area contributed by atoms with E-state index in [1.165, 1.54) is 24.8 Å². The lowest BCUT2D eigenvalue weighted by Crippen LogP contribution is -2.45. The first-order valence-corrected chi connectivity index (χ1v) is 11.2. The van der Waals surface area contributed by atoms with Gasteiger partial charge in [0, 0.05) is 31.6 Å². The normalized spacial score (nSPS) is 16.5. The minimum atomic E-state index is 0. The molecule has 0 radical (unpaired) electrons. The molecule has 0 bridgehead atoms. The molecule has 176 valence electrons. The first kappa shape index (κ1) is 26.4. The van der Waals surface area contributed by atoms with E-state index in [0.717, 1.165) is 36.9 Å². The maximum atomic E-state index is 9.84. The van der Waals surface area contributed by atoms with Gasteiger partial charge in [-0.15, -0.1) is 24.0 Å². The molecule has 0 amide bonds. The molecule has 2 aromatic carbocycles. The molecule has 3 N–H and O–H groups in total. The summed E-state index contributed by atoms with van der Waals surface area (Å²) >= 11 is 0. The van der Waals surface area contributed by atoms with Crippen LogP contribution in [0.4, 0.5) is 0 Å². The van der Waals surface area contributed by atoms with Gasteiger partial charge in [-0.3, -0.25) is 9.89 Å². The van der Waals surface area contributed by atoms with E-state index in [9.17, 15) is 5.11 Å². The number of ether oxygens (including phenoxy) is 1. The van der Waals surface area contributed by atoms with Gasteiger partial charge in [-0.05, 0) is 37.6 Å². The average Bonchev–Trinajstić information content (AvgIpc) is 2.84. The SMILES string of the molecule is CN=C(NCC(CO)c1ccccc1)NCC(c1ccccc1OC)N1CCCCC1.I. The Hall–Kier alpha value is -1.84. The zero-order valence-corrected chi connectivity index (χ0v) is 21.5. The van der Waals surface area contributed by atoms with Crippen molar-refractivity contribution in [2.24, 2.45) is 4.99 Å². The highest BCUT2D eigenvalue weighted by Gasteiger charge is 2.25. The number of aliphatic hydroxyl groups excluding tert-OH is 1. The molecule has 3 rings (SSSR count). The van der Waals surface area contributed by atoms with Crippen molar-refractivity contribution in [1.29, 1.82) is 0 Å². The summed E-state index contributed by atoms with van der Waals surface area (Å²) in [5, 5.41) is 16.7. The molecule has 1 aliphatic rings. The van der Waals surface area contributed by atoms with Crippen molar-refractivity contribution in [2.45, 2.75) is 31.2 Å². The molecular formula is C25H37IN4O2. The molecule has 2 aromatic rings. The number of nitrogens with one attached hydrogen (secondary N) is 2. The lowest BCUT2D eigenvalue weighted by molar-refractivity contribution is 0.161. The van der Waals surface area contributed by atoms with Crippen molar-refractivity contribution < 1.29 is 9.84 Å². The van der Waals surface area contributed by atoms with Gasteiger partial charge in [0.25, 0.3) is 0 Å². The number of likely N-dealkylation sites (tertiary alicyclic amines) is 1. The van der Waals surface area contributed by atoms with Crippen LogP contribution < -0.4 is 15.4 Å². The van der Waals surface area contributed by atoms with E-state index in [0.29, 0.717) is 6.54 Å². The number of piperidine rings is 1. The third-order valence-corrected chi connectivity index (χ3v) is 6.02. The van der Waals surface area contributed by atoms with Crippen LogP contribution in [0.25, 0.3) is 0 Å². The maximum Gasteiger partial charge on any atom is 0.191 e. The van der Waals surface area contributed by atoms with Crippen LogP contribution in [0.3, 0.4) is 0 Å². The van der Waals surface area contributed by atoms with Gasteiger partial charge in [-0.1, -0.05) is 55.0 Å². The molecular weight excluding hydrogens is 515 g/mol. The smallest absolute Gasteiger partial charge is 0.191 e. The second kappa shape index (κ2) is 14.3. The van der Waals surface area contributed by atoms with Crippen LogP contribution in [-0.4, -0.2) is 62.9 Å². The minimum Gasteiger partial charge on any atom is -0.496 e. The van der Waals surface area contributed by atoms with E-state index >= 15 is 0 Å². The Bertz CT molecular complexity index is 813. The van der Waals surface area contributed by atoms with Crippen molar-refractivity contribution in [1.82, 2.24) is 15.5 Å². The maximum absolute atomic E-state index is 9.84.